The fraction of sp³-hybridized carbons (Fsp3) is 0.211. The molecule has 1 atom stereocenters. The second-order valence-electron chi connectivity index (χ2n) is 5.55. The molecule has 0 radical (unpaired) electrons. The highest BCUT2D eigenvalue weighted by Crippen LogP contribution is 2.19. The molecule has 0 spiro atoms. The average molecular weight is 336 g/mol. The maximum absolute atomic E-state index is 12.5. The quantitative estimate of drug-likeness (QED) is 0.751. The van der Waals surface area contributed by atoms with E-state index in [1.807, 2.05) is 48.9 Å². The van der Waals surface area contributed by atoms with Crippen LogP contribution in [0.1, 0.15) is 35.8 Å². The van der Waals surface area contributed by atoms with Crippen molar-refractivity contribution >= 4 is 5.91 Å². The summed E-state index contributed by atoms with van der Waals surface area (Å²) in [5.41, 5.74) is 2.47. The number of aromatic nitrogens is 3. The van der Waals surface area contributed by atoms with Crippen LogP contribution >= 0.6 is 0 Å². The Morgan fingerprint density at radius 1 is 1.24 bits per heavy atom. The fourth-order valence-electron chi connectivity index (χ4n) is 2.52. The lowest BCUT2D eigenvalue weighted by Gasteiger charge is -2.16. The Hall–Kier alpha value is -3.15. The van der Waals surface area contributed by atoms with Crippen molar-refractivity contribution in [2.75, 3.05) is 6.61 Å². The Morgan fingerprint density at radius 3 is 2.72 bits per heavy atom. The van der Waals surface area contributed by atoms with E-state index in [1.54, 1.807) is 30.9 Å². The van der Waals surface area contributed by atoms with Gasteiger partial charge in [-0.1, -0.05) is 12.1 Å². The summed E-state index contributed by atoms with van der Waals surface area (Å²) in [4.78, 5) is 20.7. The van der Waals surface area contributed by atoms with Gasteiger partial charge < -0.3 is 14.6 Å². The summed E-state index contributed by atoms with van der Waals surface area (Å²) in [5.74, 6) is 0.146. The van der Waals surface area contributed by atoms with Crippen LogP contribution in [-0.4, -0.2) is 27.0 Å². The third-order valence-electron chi connectivity index (χ3n) is 3.84. The van der Waals surface area contributed by atoms with Crippen molar-refractivity contribution in [3.8, 4) is 11.6 Å². The zero-order valence-electron chi connectivity index (χ0n) is 14.2. The molecule has 25 heavy (non-hydrogen) atoms. The zero-order valence-corrected chi connectivity index (χ0v) is 14.2. The standard InChI is InChI=1S/C19H20N4O2/c1-3-25-19-17(5-4-10-21-19)18(24)22-14(2)15-6-8-16(9-7-15)23-12-11-20-13-23/h4-14H,3H2,1-2H3,(H,22,24). The van der Waals surface area contributed by atoms with E-state index in [-0.39, 0.29) is 11.9 Å². The molecule has 6 heteroatoms. The summed E-state index contributed by atoms with van der Waals surface area (Å²) in [6, 6.07) is 11.3. The van der Waals surface area contributed by atoms with Crippen molar-refractivity contribution < 1.29 is 9.53 Å². The van der Waals surface area contributed by atoms with E-state index in [9.17, 15) is 4.79 Å². The van der Waals surface area contributed by atoms with E-state index in [0.717, 1.165) is 11.3 Å². The van der Waals surface area contributed by atoms with Crippen molar-refractivity contribution in [2.24, 2.45) is 0 Å². The first-order valence-corrected chi connectivity index (χ1v) is 8.16. The maximum atomic E-state index is 12.5. The van der Waals surface area contributed by atoms with Crippen LogP contribution in [0.3, 0.4) is 0 Å². The van der Waals surface area contributed by atoms with E-state index in [0.29, 0.717) is 18.1 Å². The van der Waals surface area contributed by atoms with Crippen molar-refractivity contribution in [1.29, 1.82) is 0 Å². The molecule has 0 aliphatic heterocycles. The van der Waals surface area contributed by atoms with Crippen LogP contribution in [0, 0.1) is 0 Å². The van der Waals surface area contributed by atoms with Gasteiger partial charge in [-0.15, -0.1) is 0 Å². The lowest BCUT2D eigenvalue weighted by atomic mass is 10.1. The van der Waals surface area contributed by atoms with Gasteiger partial charge in [0.15, 0.2) is 0 Å². The number of pyridine rings is 1. The van der Waals surface area contributed by atoms with E-state index in [2.05, 4.69) is 15.3 Å². The number of imidazole rings is 1. The Balaban J connectivity index is 1.71. The fourth-order valence-corrected chi connectivity index (χ4v) is 2.52. The van der Waals surface area contributed by atoms with Crippen LogP contribution < -0.4 is 10.1 Å². The van der Waals surface area contributed by atoms with Gasteiger partial charge in [-0.3, -0.25) is 4.79 Å². The third-order valence-corrected chi connectivity index (χ3v) is 3.84. The lowest BCUT2D eigenvalue weighted by Crippen LogP contribution is -2.27. The molecule has 3 rings (SSSR count). The molecule has 1 aromatic carbocycles. The van der Waals surface area contributed by atoms with Crippen LogP contribution in [0.5, 0.6) is 5.88 Å². The number of rotatable bonds is 6. The zero-order chi connectivity index (χ0) is 17.6. The Bertz CT molecular complexity index is 829. The van der Waals surface area contributed by atoms with Crippen LogP contribution in [-0.2, 0) is 0 Å². The number of hydrogen-bond donors (Lipinski definition) is 1. The van der Waals surface area contributed by atoms with Gasteiger partial charge in [0.05, 0.1) is 19.0 Å². The predicted octanol–water partition coefficient (Wildman–Crippen LogP) is 3.16. The van der Waals surface area contributed by atoms with Gasteiger partial charge in [0, 0.05) is 24.3 Å². The molecule has 0 aliphatic carbocycles. The SMILES string of the molecule is CCOc1ncccc1C(=O)NC(C)c1ccc(-n2ccnc2)cc1. The summed E-state index contributed by atoms with van der Waals surface area (Å²) in [6.45, 7) is 4.27. The molecule has 0 saturated carbocycles. The Kier molecular flexibility index (Phi) is 5.09. The van der Waals surface area contributed by atoms with Crippen LogP contribution in [0.4, 0.5) is 0 Å². The van der Waals surface area contributed by atoms with Crippen molar-refractivity contribution in [1.82, 2.24) is 19.9 Å². The number of amides is 1. The molecule has 0 saturated heterocycles. The normalized spacial score (nSPS) is 11.8. The molecule has 6 nitrogen and oxygen atoms in total. The number of nitrogens with zero attached hydrogens (tertiary/aromatic N) is 3. The van der Waals surface area contributed by atoms with Gasteiger partial charge in [-0.25, -0.2) is 9.97 Å². The van der Waals surface area contributed by atoms with Crippen molar-refractivity contribution in [2.45, 2.75) is 19.9 Å². The number of carbonyl (C=O) groups is 1. The van der Waals surface area contributed by atoms with Crippen LogP contribution in [0.2, 0.25) is 0 Å². The van der Waals surface area contributed by atoms with Crippen LogP contribution in [0.15, 0.2) is 61.3 Å². The first kappa shape index (κ1) is 16.7. The molecule has 1 unspecified atom stereocenters. The first-order chi connectivity index (χ1) is 12.2. The third kappa shape index (κ3) is 3.85. The number of carbonyl (C=O) groups excluding carboxylic acids is 1. The van der Waals surface area contributed by atoms with Gasteiger partial charge in [-0.05, 0) is 43.7 Å². The summed E-state index contributed by atoms with van der Waals surface area (Å²) >= 11 is 0. The van der Waals surface area contributed by atoms with E-state index in [1.165, 1.54) is 0 Å². The van der Waals surface area contributed by atoms with Crippen molar-refractivity contribution in [3.05, 3.63) is 72.4 Å². The molecule has 1 N–H and O–H groups in total. The van der Waals surface area contributed by atoms with Gasteiger partial charge in [0.25, 0.3) is 5.91 Å². The predicted molar refractivity (Wildman–Crippen MR) is 94.9 cm³/mol. The summed E-state index contributed by atoms with van der Waals surface area (Å²) < 4.78 is 7.35. The van der Waals surface area contributed by atoms with Gasteiger partial charge in [0.1, 0.15) is 5.56 Å². The summed E-state index contributed by atoms with van der Waals surface area (Å²) in [5, 5.41) is 2.99. The van der Waals surface area contributed by atoms with Gasteiger partial charge in [-0.2, -0.15) is 0 Å². The molecule has 0 aliphatic rings. The van der Waals surface area contributed by atoms with E-state index >= 15 is 0 Å². The number of ether oxygens (including phenoxy) is 1. The molecule has 2 aromatic heterocycles. The lowest BCUT2D eigenvalue weighted by molar-refractivity contribution is 0.0935. The minimum atomic E-state index is -0.206. The summed E-state index contributed by atoms with van der Waals surface area (Å²) in [7, 11) is 0. The highest BCUT2D eigenvalue weighted by molar-refractivity contribution is 5.96. The second kappa shape index (κ2) is 7.61. The van der Waals surface area contributed by atoms with Gasteiger partial charge >= 0.3 is 0 Å². The topological polar surface area (TPSA) is 69.0 Å². The molecule has 3 aromatic rings. The minimum Gasteiger partial charge on any atom is -0.477 e. The average Bonchev–Trinajstić information content (AvgIpc) is 3.17. The second-order valence-corrected chi connectivity index (χ2v) is 5.55. The Morgan fingerprint density at radius 2 is 2.04 bits per heavy atom. The monoisotopic (exact) mass is 336 g/mol. The summed E-state index contributed by atoms with van der Waals surface area (Å²) in [6.07, 6.45) is 6.98. The smallest absolute Gasteiger partial charge is 0.257 e. The number of benzene rings is 1. The van der Waals surface area contributed by atoms with Crippen LogP contribution in [0.25, 0.3) is 5.69 Å². The number of nitrogens with one attached hydrogen (secondary N) is 1. The molecule has 0 bridgehead atoms. The molecule has 2 heterocycles. The highest BCUT2D eigenvalue weighted by atomic mass is 16.5. The molecule has 128 valence electrons. The first-order valence-electron chi connectivity index (χ1n) is 8.16. The number of hydrogen-bond acceptors (Lipinski definition) is 4. The maximum Gasteiger partial charge on any atom is 0.257 e. The van der Waals surface area contributed by atoms with Crippen molar-refractivity contribution in [3.63, 3.8) is 0 Å². The van der Waals surface area contributed by atoms with E-state index < -0.39 is 0 Å². The largest absolute Gasteiger partial charge is 0.477 e. The Labute approximate surface area is 146 Å². The van der Waals surface area contributed by atoms with Gasteiger partial charge in [0.2, 0.25) is 5.88 Å². The molecule has 1 amide bonds. The molecular weight excluding hydrogens is 316 g/mol. The molecule has 0 fully saturated rings. The highest BCUT2D eigenvalue weighted by Gasteiger charge is 2.16. The van der Waals surface area contributed by atoms with E-state index in [4.69, 9.17) is 4.74 Å². The minimum absolute atomic E-state index is 0.140. The molecular formula is C19H20N4O2.